The molecule has 0 spiro atoms. The summed E-state index contributed by atoms with van der Waals surface area (Å²) in [6, 6.07) is 0.108. The molecule has 0 bridgehead atoms. The van der Waals surface area contributed by atoms with Gasteiger partial charge in [0.25, 0.3) is 0 Å². The molecule has 1 saturated heterocycles. The fourth-order valence-corrected chi connectivity index (χ4v) is 2.47. The largest absolute Gasteiger partial charge is 0.329 e. The summed E-state index contributed by atoms with van der Waals surface area (Å²) >= 11 is 0. The zero-order valence-corrected chi connectivity index (χ0v) is 10.6. The van der Waals surface area contributed by atoms with Crippen LogP contribution in [0.15, 0.2) is 0 Å². The van der Waals surface area contributed by atoms with E-state index in [1.54, 1.807) is 0 Å². The molecule has 0 amide bonds. The van der Waals surface area contributed by atoms with Crippen molar-refractivity contribution < 1.29 is 0 Å². The second-order valence-electron chi connectivity index (χ2n) is 4.80. The van der Waals surface area contributed by atoms with Crippen LogP contribution in [0, 0.1) is 12.3 Å². The van der Waals surface area contributed by atoms with E-state index in [4.69, 9.17) is 12.2 Å². The summed E-state index contributed by atoms with van der Waals surface area (Å²) in [6.45, 7) is 8.36. The maximum atomic E-state index is 5.95. The summed E-state index contributed by atoms with van der Waals surface area (Å²) in [5.74, 6) is 2.74. The SMILES string of the molecule is C#CC(C)NC1(CN)CCCN(CC)CC1. The molecule has 0 aromatic heterocycles. The lowest BCUT2D eigenvalue weighted by atomic mass is 9.89. The Kier molecular flexibility index (Phi) is 5.27. The molecule has 1 heterocycles. The fraction of sp³-hybridized carbons (Fsp3) is 0.846. The van der Waals surface area contributed by atoms with E-state index in [9.17, 15) is 0 Å². The van der Waals surface area contributed by atoms with Crippen LogP contribution in [0.3, 0.4) is 0 Å². The molecule has 0 aliphatic carbocycles. The Labute approximate surface area is 99.8 Å². The van der Waals surface area contributed by atoms with E-state index in [1.807, 2.05) is 6.92 Å². The molecule has 2 unspecified atom stereocenters. The van der Waals surface area contributed by atoms with Crippen molar-refractivity contribution in [3.05, 3.63) is 0 Å². The second kappa shape index (κ2) is 6.24. The molecule has 3 nitrogen and oxygen atoms in total. The third-order valence-corrected chi connectivity index (χ3v) is 3.65. The third-order valence-electron chi connectivity index (χ3n) is 3.65. The van der Waals surface area contributed by atoms with Gasteiger partial charge in [0.05, 0.1) is 6.04 Å². The van der Waals surface area contributed by atoms with Crippen LogP contribution in [0.1, 0.15) is 33.1 Å². The highest BCUT2D eigenvalue weighted by atomic mass is 15.1. The van der Waals surface area contributed by atoms with Crippen molar-refractivity contribution in [3.8, 4) is 12.3 Å². The summed E-state index contributed by atoms with van der Waals surface area (Å²) in [5.41, 5.74) is 6.00. The smallest absolute Gasteiger partial charge is 0.0663 e. The van der Waals surface area contributed by atoms with Crippen LogP contribution >= 0.6 is 0 Å². The van der Waals surface area contributed by atoms with Crippen molar-refractivity contribution in [3.63, 3.8) is 0 Å². The molecule has 0 aromatic carbocycles. The van der Waals surface area contributed by atoms with Gasteiger partial charge in [-0.2, -0.15) is 0 Å². The molecule has 16 heavy (non-hydrogen) atoms. The molecule has 0 saturated carbocycles. The number of rotatable bonds is 4. The number of terminal acetylenes is 1. The van der Waals surface area contributed by atoms with Gasteiger partial charge in [0.2, 0.25) is 0 Å². The minimum atomic E-state index is 0.0513. The van der Waals surface area contributed by atoms with E-state index < -0.39 is 0 Å². The Hall–Kier alpha value is -0.560. The summed E-state index contributed by atoms with van der Waals surface area (Å²) in [4.78, 5) is 2.49. The first-order valence-corrected chi connectivity index (χ1v) is 6.32. The lowest BCUT2D eigenvalue weighted by Crippen LogP contribution is -2.54. The van der Waals surface area contributed by atoms with Gasteiger partial charge in [-0.15, -0.1) is 6.42 Å². The van der Waals surface area contributed by atoms with Gasteiger partial charge in [-0.1, -0.05) is 12.8 Å². The minimum Gasteiger partial charge on any atom is -0.329 e. The number of nitrogens with zero attached hydrogens (tertiary/aromatic N) is 1. The average Bonchev–Trinajstić information content (AvgIpc) is 2.52. The minimum absolute atomic E-state index is 0.0513. The van der Waals surface area contributed by atoms with Crippen LogP contribution in [0.4, 0.5) is 0 Å². The van der Waals surface area contributed by atoms with E-state index in [1.165, 1.54) is 13.0 Å². The molecule has 1 fully saturated rings. The number of nitrogens with two attached hydrogens (primary N) is 1. The Morgan fingerprint density at radius 1 is 1.50 bits per heavy atom. The van der Waals surface area contributed by atoms with Crippen LogP contribution in [0.5, 0.6) is 0 Å². The van der Waals surface area contributed by atoms with Crippen LogP contribution in [0.25, 0.3) is 0 Å². The molecule has 0 aromatic rings. The summed E-state index contributed by atoms with van der Waals surface area (Å²) in [7, 11) is 0. The number of hydrogen-bond donors (Lipinski definition) is 2. The first-order valence-electron chi connectivity index (χ1n) is 6.32. The Bertz CT molecular complexity index is 246. The first-order chi connectivity index (χ1) is 7.65. The topological polar surface area (TPSA) is 41.3 Å². The number of hydrogen-bond acceptors (Lipinski definition) is 3. The van der Waals surface area contributed by atoms with Gasteiger partial charge in [-0.3, -0.25) is 5.32 Å². The normalized spacial score (nSPS) is 29.4. The standard InChI is InChI=1S/C13H25N3/c1-4-12(3)15-13(11-14)7-6-9-16(5-2)10-8-13/h1,12,15H,5-11,14H2,2-3H3. The van der Waals surface area contributed by atoms with Crippen LogP contribution in [-0.4, -0.2) is 42.7 Å². The van der Waals surface area contributed by atoms with E-state index >= 15 is 0 Å². The highest BCUT2D eigenvalue weighted by molar-refractivity contribution is 5.02. The molecule has 1 rings (SSSR count). The Balaban J connectivity index is 2.62. The Morgan fingerprint density at radius 3 is 2.81 bits per heavy atom. The maximum Gasteiger partial charge on any atom is 0.0663 e. The average molecular weight is 223 g/mol. The predicted octanol–water partition coefficient (Wildman–Crippen LogP) is 0.801. The molecule has 3 N–H and O–H groups in total. The maximum absolute atomic E-state index is 5.95. The second-order valence-corrected chi connectivity index (χ2v) is 4.80. The molecule has 2 atom stereocenters. The van der Waals surface area contributed by atoms with Crippen molar-refractivity contribution in [2.75, 3.05) is 26.2 Å². The molecule has 1 aliphatic heterocycles. The van der Waals surface area contributed by atoms with Crippen molar-refractivity contribution >= 4 is 0 Å². The van der Waals surface area contributed by atoms with Crippen LogP contribution in [0.2, 0.25) is 0 Å². The molecule has 0 radical (unpaired) electrons. The van der Waals surface area contributed by atoms with Crippen molar-refractivity contribution in [1.82, 2.24) is 10.2 Å². The zero-order chi connectivity index (χ0) is 12.0. The molecule has 3 heteroatoms. The van der Waals surface area contributed by atoms with E-state index in [0.29, 0.717) is 6.54 Å². The van der Waals surface area contributed by atoms with E-state index in [0.717, 1.165) is 25.9 Å². The summed E-state index contributed by atoms with van der Waals surface area (Å²) in [6.07, 6.45) is 8.87. The molecule has 1 aliphatic rings. The van der Waals surface area contributed by atoms with Crippen LogP contribution in [-0.2, 0) is 0 Å². The van der Waals surface area contributed by atoms with Crippen molar-refractivity contribution in [2.24, 2.45) is 5.73 Å². The highest BCUT2D eigenvalue weighted by Gasteiger charge is 2.31. The molecular formula is C13H25N3. The summed E-state index contributed by atoms with van der Waals surface area (Å²) < 4.78 is 0. The monoisotopic (exact) mass is 223 g/mol. The highest BCUT2D eigenvalue weighted by Crippen LogP contribution is 2.22. The number of likely N-dealkylation sites (tertiary alicyclic amines) is 1. The lowest BCUT2D eigenvalue weighted by molar-refractivity contribution is 0.261. The number of nitrogens with one attached hydrogen (secondary N) is 1. The van der Waals surface area contributed by atoms with Gasteiger partial charge < -0.3 is 10.6 Å². The fourth-order valence-electron chi connectivity index (χ4n) is 2.47. The van der Waals surface area contributed by atoms with Gasteiger partial charge in [0.15, 0.2) is 0 Å². The van der Waals surface area contributed by atoms with Gasteiger partial charge >= 0.3 is 0 Å². The van der Waals surface area contributed by atoms with Crippen molar-refractivity contribution in [1.29, 1.82) is 0 Å². The summed E-state index contributed by atoms with van der Waals surface area (Å²) in [5, 5.41) is 3.53. The predicted molar refractivity (Wildman–Crippen MR) is 69.2 cm³/mol. The van der Waals surface area contributed by atoms with Gasteiger partial charge in [-0.05, 0) is 45.8 Å². The molecular weight excluding hydrogens is 198 g/mol. The van der Waals surface area contributed by atoms with Gasteiger partial charge in [0.1, 0.15) is 0 Å². The Morgan fingerprint density at radius 2 is 2.25 bits per heavy atom. The van der Waals surface area contributed by atoms with E-state index in [2.05, 4.69) is 23.1 Å². The molecule has 92 valence electrons. The van der Waals surface area contributed by atoms with Gasteiger partial charge in [-0.25, -0.2) is 0 Å². The van der Waals surface area contributed by atoms with Gasteiger partial charge in [0, 0.05) is 12.1 Å². The van der Waals surface area contributed by atoms with Crippen molar-refractivity contribution in [2.45, 2.75) is 44.7 Å². The first kappa shape index (κ1) is 13.5. The van der Waals surface area contributed by atoms with Crippen LogP contribution < -0.4 is 11.1 Å². The zero-order valence-electron chi connectivity index (χ0n) is 10.6. The third kappa shape index (κ3) is 3.48. The van der Waals surface area contributed by atoms with E-state index in [-0.39, 0.29) is 11.6 Å². The lowest BCUT2D eigenvalue weighted by Gasteiger charge is -2.34. The quantitative estimate of drug-likeness (QED) is 0.693.